The van der Waals surface area contributed by atoms with E-state index in [1.165, 1.54) is 0 Å². The molecule has 4 N–H and O–H groups in total. The Kier molecular flexibility index (Phi) is 7.66. The normalized spacial score (nSPS) is 12.2. The van der Waals surface area contributed by atoms with E-state index in [1.807, 2.05) is 0 Å². The van der Waals surface area contributed by atoms with Crippen molar-refractivity contribution in [2.45, 2.75) is 20.3 Å². The van der Waals surface area contributed by atoms with Gasteiger partial charge in [-0.3, -0.25) is 9.59 Å². The summed E-state index contributed by atoms with van der Waals surface area (Å²) in [7, 11) is 0. The molecule has 0 aromatic rings. The van der Waals surface area contributed by atoms with Gasteiger partial charge >= 0.3 is 0 Å². The maximum atomic E-state index is 11.2. The fourth-order valence-electron chi connectivity index (χ4n) is 1.02. The standard InChI is InChI=1S/C11H18N2O4/c1-8(10(16)12-6-14)4-3-5-9(2)11(17)13-7-15/h4-5,14-15H,3,6-7H2,1-2H3,(H,12,16)(H,13,17)/b8-4+,9-5+. The van der Waals surface area contributed by atoms with Crippen LogP contribution in [0.2, 0.25) is 0 Å². The molecule has 0 rings (SSSR count). The molecule has 0 bridgehead atoms. The lowest BCUT2D eigenvalue weighted by atomic mass is 10.2. The Morgan fingerprint density at radius 3 is 1.59 bits per heavy atom. The summed E-state index contributed by atoms with van der Waals surface area (Å²) in [5, 5.41) is 21.5. The van der Waals surface area contributed by atoms with Crippen molar-refractivity contribution < 1.29 is 19.8 Å². The van der Waals surface area contributed by atoms with Crippen molar-refractivity contribution in [3.05, 3.63) is 23.3 Å². The summed E-state index contributed by atoms with van der Waals surface area (Å²) in [5.74, 6) is -0.697. The molecule has 0 saturated carbocycles. The minimum atomic E-state index is -0.405. The van der Waals surface area contributed by atoms with Gasteiger partial charge in [0.05, 0.1) is 0 Å². The zero-order valence-electron chi connectivity index (χ0n) is 9.99. The van der Waals surface area contributed by atoms with Crippen LogP contribution in [0, 0.1) is 0 Å². The summed E-state index contributed by atoms with van der Waals surface area (Å²) in [5.41, 5.74) is 0.927. The average Bonchev–Trinajstić information content (AvgIpc) is 2.29. The number of allylic oxidation sites excluding steroid dienone is 2. The molecular formula is C11H18N2O4. The number of amides is 2. The molecule has 0 spiro atoms. The Morgan fingerprint density at radius 1 is 0.941 bits per heavy atom. The van der Waals surface area contributed by atoms with Crippen LogP contribution in [-0.2, 0) is 9.59 Å². The predicted molar refractivity (Wildman–Crippen MR) is 62.6 cm³/mol. The first kappa shape index (κ1) is 15.3. The van der Waals surface area contributed by atoms with Crippen molar-refractivity contribution in [2.24, 2.45) is 0 Å². The Labute approximate surface area is 100 Å². The van der Waals surface area contributed by atoms with Crippen molar-refractivity contribution in [3.63, 3.8) is 0 Å². The van der Waals surface area contributed by atoms with Crippen LogP contribution in [0.1, 0.15) is 20.3 Å². The molecule has 0 fully saturated rings. The molecule has 0 saturated heterocycles. The number of carbonyl (C=O) groups is 2. The van der Waals surface area contributed by atoms with E-state index in [9.17, 15) is 9.59 Å². The van der Waals surface area contributed by atoms with Crippen LogP contribution >= 0.6 is 0 Å². The minimum absolute atomic E-state index is 0.349. The number of hydrogen-bond donors (Lipinski definition) is 4. The number of aliphatic hydroxyl groups excluding tert-OH is 2. The molecule has 0 radical (unpaired) electrons. The fourth-order valence-corrected chi connectivity index (χ4v) is 1.02. The summed E-state index contributed by atoms with van der Waals surface area (Å²) in [4.78, 5) is 22.4. The SMILES string of the molecule is C/C(=C\C/C=C(\C)C(=O)NCO)C(=O)NCO. The first-order chi connectivity index (χ1) is 8.02. The van der Waals surface area contributed by atoms with E-state index >= 15 is 0 Å². The molecule has 0 aliphatic rings. The Hall–Kier alpha value is -1.66. The zero-order valence-corrected chi connectivity index (χ0v) is 9.99. The largest absolute Gasteiger partial charge is 0.376 e. The molecule has 6 heteroatoms. The highest BCUT2D eigenvalue weighted by Gasteiger charge is 2.02. The molecule has 17 heavy (non-hydrogen) atoms. The highest BCUT2D eigenvalue weighted by atomic mass is 16.3. The van der Waals surface area contributed by atoms with Crippen molar-refractivity contribution in [1.29, 1.82) is 0 Å². The lowest BCUT2D eigenvalue weighted by Gasteiger charge is -2.02. The molecule has 0 aromatic carbocycles. The summed E-state index contributed by atoms with van der Waals surface area (Å²) >= 11 is 0. The smallest absolute Gasteiger partial charge is 0.248 e. The second kappa shape index (κ2) is 8.49. The monoisotopic (exact) mass is 242 g/mol. The van der Waals surface area contributed by atoms with Crippen LogP contribution in [0.5, 0.6) is 0 Å². The fraction of sp³-hybridized carbons (Fsp3) is 0.455. The molecular weight excluding hydrogens is 224 g/mol. The van der Waals surface area contributed by atoms with E-state index in [1.54, 1.807) is 26.0 Å². The van der Waals surface area contributed by atoms with E-state index in [0.29, 0.717) is 17.6 Å². The molecule has 0 aliphatic heterocycles. The number of nitrogens with one attached hydrogen (secondary N) is 2. The van der Waals surface area contributed by atoms with Crippen LogP contribution in [-0.4, -0.2) is 35.5 Å². The highest BCUT2D eigenvalue weighted by Crippen LogP contribution is 2.00. The van der Waals surface area contributed by atoms with Crippen LogP contribution in [0.3, 0.4) is 0 Å². The Balaban J connectivity index is 4.28. The third kappa shape index (κ3) is 6.49. The van der Waals surface area contributed by atoms with Crippen molar-refractivity contribution in [2.75, 3.05) is 13.5 Å². The van der Waals surface area contributed by atoms with E-state index < -0.39 is 13.5 Å². The third-order valence-corrected chi connectivity index (χ3v) is 2.04. The molecule has 0 heterocycles. The minimum Gasteiger partial charge on any atom is -0.376 e. The highest BCUT2D eigenvalue weighted by molar-refractivity contribution is 5.93. The third-order valence-electron chi connectivity index (χ3n) is 2.04. The average molecular weight is 242 g/mol. The Bertz CT molecular complexity index is 302. The predicted octanol–water partition coefficient (Wildman–Crippen LogP) is -0.599. The quantitative estimate of drug-likeness (QED) is 0.369. The lowest BCUT2D eigenvalue weighted by molar-refractivity contribution is -0.119. The van der Waals surface area contributed by atoms with E-state index in [-0.39, 0.29) is 11.8 Å². The molecule has 2 amide bonds. The van der Waals surface area contributed by atoms with E-state index in [0.717, 1.165) is 0 Å². The first-order valence-corrected chi connectivity index (χ1v) is 5.14. The molecule has 96 valence electrons. The molecule has 0 aliphatic carbocycles. The van der Waals surface area contributed by atoms with Crippen molar-refractivity contribution >= 4 is 11.8 Å². The second-order valence-corrected chi connectivity index (χ2v) is 3.34. The van der Waals surface area contributed by atoms with Gasteiger partial charge in [-0.1, -0.05) is 12.2 Å². The van der Waals surface area contributed by atoms with Gasteiger partial charge in [0.1, 0.15) is 13.5 Å². The summed E-state index contributed by atoms with van der Waals surface area (Å²) < 4.78 is 0. The van der Waals surface area contributed by atoms with Crippen molar-refractivity contribution in [1.82, 2.24) is 10.6 Å². The Morgan fingerprint density at radius 2 is 1.29 bits per heavy atom. The van der Waals surface area contributed by atoms with Gasteiger partial charge in [0.15, 0.2) is 0 Å². The number of rotatable bonds is 6. The number of aliphatic hydroxyl groups is 2. The molecule has 0 unspecified atom stereocenters. The van der Waals surface area contributed by atoms with Gasteiger partial charge in [-0.05, 0) is 20.3 Å². The van der Waals surface area contributed by atoms with E-state index in [4.69, 9.17) is 10.2 Å². The van der Waals surface area contributed by atoms with E-state index in [2.05, 4.69) is 10.6 Å². The summed E-state index contributed by atoms with van der Waals surface area (Å²) in [6, 6.07) is 0. The van der Waals surface area contributed by atoms with Gasteiger partial charge in [0.2, 0.25) is 11.8 Å². The van der Waals surface area contributed by atoms with Gasteiger partial charge in [0, 0.05) is 11.1 Å². The van der Waals surface area contributed by atoms with Gasteiger partial charge in [0.25, 0.3) is 0 Å². The van der Waals surface area contributed by atoms with Gasteiger partial charge < -0.3 is 20.8 Å². The van der Waals surface area contributed by atoms with Crippen molar-refractivity contribution in [3.8, 4) is 0 Å². The topological polar surface area (TPSA) is 98.7 Å². The van der Waals surface area contributed by atoms with Gasteiger partial charge in [-0.2, -0.15) is 0 Å². The van der Waals surface area contributed by atoms with Crippen LogP contribution in [0.15, 0.2) is 23.3 Å². The number of carbonyl (C=O) groups excluding carboxylic acids is 2. The molecule has 0 aromatic heterocycles. The van der Waals surface area contributed by atoms with Gasteiger partial charge in [-0.25, -0.2) is 0 Å². The molecule has 6 nitrogen and oxygen atoms in total. The van der Waals surface area contributed by atoms with Gasteiger partial charge in [-0.15, -0.1) is 0 Å². The number of hydrogen-bond acceptors (Lipinski definition) is 4. The summed E-state index contributed by atoms with van der Waals surface area (Å²) in [6.45, 7) is 2.42. The van der Waals surface area contributed by atoms with Crippen LogP contribution < -0.4 is 10.6 Å². The van der Waals surface area contributed by atoms with Crippen LogP contribution in [0.4, 0.5) is 0 Å². The lowest BCUT2D eigenvalue weighted by Crippen LogP contribution is -2.25. The molecule has 0 atom stereocenters. The summed E-state index contributed by atoms with van der Waals surface area (Å²) in [6.07, 6.45) is 3.71. The zero-order chi connectivity index (χ0) is 13.3. The second-order valence-electron chi connectivity index (χ2n) is 3.34. The maximum absolute atomic E-state index is 11.2. The van der Waals surface area contributed by atoms with Crippen LogP contribution in [0.25, 0.3) is 0 Å². The maximum Gasteiger partial charge on any atom is 0.248 e. The first-order valence-electron chi connectivity index (χ1n) is 5.14.